The molecule has 1 unspecified atom stereocenters. The molecule has 116 valence electrons. The quantitative estimate of drug-likeness (QED) is 0.676. The van der Waals surface area contributed by atoms with E-state index < -0.39 is 29.7 Å². The van der Waals surface area contributed by atoms with Gasteiger partial charge in [0.15, 0.2) is 0 Å². The first-order valence-electron chi connectivity index (χ1n) is 6.30. The van der Waals surface area contributed by atoms with Crippen molar-refractivity contribution in [2.75, 3.05) is 5.32 Å². The van der Waals surface area contributed by atoms with Gasteiger partial charge in [-0.15, -0.1) is 0 Å². The molecule has 0 bridgehead atoms. The van der Waals surface area contributed by atoms with Crippen molar-refractivity contribution in [1.82, 2.24) is 5.32 Å². The molecule has 8 heteroatoms. The van der Waals surface area contributed by atoms with Crippen molar-refractivity contribution in [2.45, 2.75) is 32.2 Å². The van der Waals surface area contributed by atoms with Crippen molar-refractivity contribution >= 4 is 33.6 Å². The number of amides is 2. The summed E-state index contributed by atoms with van der Waals surface area (Å²) >= 11 is 2.81. The number of benzene rings is 1. The predicted molar refractivity (Wildman–Crippen MR) is 77.2 cm³/mol. The summed E-state index contributed by atoms with van der Waals surface area (Å²) in [4.78, 5) is 22.6. The van der Waals surface area contributed by atoms with E-state index in [-0.39, 0.29) is 16.6 Å². The van der Waals surface area contributed by atoms with Crippen LogP contribution in [-0.4, -0.2) is 23.1 Å². The third-order valence-corrected chi connectivity index (χ3v) is 3.32. The Balaban J connectivity index is 2.72. The molecule has 1 rings (SSSR count). The lowest BCUT2D eigenvalue weighted by Gasteiger charge is -2.15. The van der Waals surface area contributed by atoms with Gasteiger partial charge in [-0.05, 0) is 28.4 Å². The van der Waals surface area contributed by atoms with Gasteiger partial charge in [0.05, 0.1) is 10.2 Å². The van der Waals surface area contributed by atoms with E-state index in [1.54, 1.807) is 0 Å². The molecular formula is C13H15BrF2N2O3. The number of carbonyl (C=O) groups is 2. The second kappa shape index (κ2) is 7.92. The van der Waals surface area contributed by atoms with Gasteiger partial charge in [-0.1, -0.05) is 19.8 Å². The van der Waals surface area contributed by atoms with Crippen LogP contribution in [0.1, 0.15) is 26.2 Å². The van der Waals surface area contributed by atoms with E-state index in [1.807, 2.05) is 6.92 Å². The third kappa shape index (κ3) is 5.30. The molecular weight excluding hydrogens is 350 g/mol. The zero-order valence-corrected chi connectivity index (χ0v) is 12.8. The Morgan fingerprint density at radius 1 is 1.33 bits per heavy atom. The van der Waals surface area contributed by atoms with Crippen LogP contribution in [0.2, 0.25) is 0 Å². The van der Waals surface area contributed by atoms with Gasteiger partial charge in [-0.3, -0.25) is 0 Å². The molecule has 1 atom stereocenters. The summed E-state index contributed by atoms with van der Waals surface area (Å²) in [5.74, 6) is -2.76. The Labute approximate surface area is 128 Å². The zero-order chi connectivity index (χ0) is 16.0. The summed E-state index contributed by atoms with van der Waals surface area (Å²) in [5.41, 5.74) is -0.368. The number of hydrogen-bond donors (Lipinski definition) is 3. The van der Waals surface area contributed by atoms with Gasteiger partial charge in [-0.25, -0.2) is 18.4 Å². The van der Waals surface area contributed by atoms with Gasteiger partial charge in [0.25, 0.3) is 0 Å². The first-order chi connectivity index (χ1) is 9.85. The van der Waals surface area contributed by atoms with E-state index in [2.05, 4.69) is 26.6 Å². The standard InChI is InChI=1S/C13H15BrF2N2O3/c1-2-3-4-10(12(19)20)17-13(21)18-11-6-8(15)7(14)5-9(11)16/h5-6,10H,2-4H2,1H3,(H,19,20)(H2,17,18,21). The largest absolute Gasteiger partial charge is 0.480 e. The minimum atomic E-state index is -1.18. The van der Waals surface area contributed by atoms with Gasteiger partial charge >= 0.3 is 12.0 Å². The SMILES string of the molecule is CCCCC(NC(=O)Nc1cc(F)c(Br)cc1F)C(=O)O. The number of hydrogen-bond acceptors (Lipinski definition) is 2. The van der Waals surface area contributed by atoms with Crippen molar-refractivity contribution in [1.29, 1.82) is 0 Å². The summed E-state index contributed by atoms with van der Waals surface area (Å²) in [7, 11) is 0. The molecule has 1 aromatic rings. The Morgan fingerprint density at radius 3 is 2.57 bits per heavy atom. The van der Waals surface area contributed by atoms with Crippen molar-refractivity contribution in [3.8, 4) is 0 Å². The van der Waals surface area contributed by atoms with E-state index in [0.29, 0.717) is 6.42 Å². The summed E-state index contributed by atoms with van der Waals surface area (Å²) in [5, 5.41) is 13.3. The third-order valence-electron chi connectivity index (χ3n) is 2.71. The van der Waals surface area contributed by atoms with E-state index >= 15 is 0 Å². The van der Waals surface area contributed by atoms with E-state index in [0.717, 1.165) is 18.6 Å². The van der Waals surface area contributed by atoms with Gasteiger partial charge < -0.3 is 15.7 Å². The van der Waals surface area contributed by atoms with Crippen LogP contribution in [0.15, 0.2) is 16.6 Å². The first kappa shape index (κ1) is 17.4. The maximum atomic E-state index is 13.5. The minimum Gasteiger partial charge on any atom is -0.480 e. The fourth-order valence-corrected chi connectivity index (χ4v) is 1.92. The van der Waals surface area contributed by atoms with Crippen LogP contribution in [-0.2, 0) is 4.79 Å². The Bertz CT molecular complexity index is 540. The summed E-state index contributed by atoms with van der Waals surface area (Å²) in [6.45, 7) is 1.89. The van der Waals surface area contributed by atoms with Gasteiger partial charge in [0.2, 0.25) is 0 Å². The minimum absolute atomic E-state index is 0.0719. The Morgan fingerprint density at radius 2 is 2.00 bits per heavy atom. The van der Waals surface area contributed by atoms with E-state index in [4.69, 9.17) is 5.11 Å². The molecule has 3 N–H and O–H groups in total. The molecule has 5 nitrogen and oxygen atoms in total. The molecule has 2 amide bonds. The zero-order valence-electron chi connectivity index (χ0n) is 11.3. The number of carboxylic acids is 1. The molecule has 0 aromatic heterocycles. The number of unbranched alkanes of at least 4 members (excludes halogenated alkanes) is 1. The predicted octanol–water partition coefficient (Wildman–Crippen LogP) is 3.49. The molecule has 1 aromatic carbocycles. The maximum Gasteiger partial charge on any atom is 0.326 e. The molecule has 0 spiro atoms. The monoisotopic (exact) mass is 364 g/mol. The van der Waals surface area contributed by atoms with E-state index in [1.165, 1.54) is 0 Å². The number of carbonyl (C=O) groups excluding carboxylic acids is 1. The van der Waals surface area contributed by atoms with Crippen molar-refractivity contribution in [3.05, 3.63) is 28.2 Å². The molecule has 21 heavy (non-hydrogen) atoms. The molecule has 0 radical (unpaired) electrons. The second-order valence-corrected chi connectivity index (χ2v) is 5.23. The lowest BCUT2D eigenvalue weighted by Crippen LogP contribution is -2.43. The lowest BCUT2D eigenvalue weighted by atomic mass is 10.1. The number of halogens is 3. The number of anilines is 1. The van der Waals surface area contributed by atoms with E-state index in [9.17, 15) is 18.4 Å². The highest BCUT2D eigenvalue weighted by molar-refractivity contribution is 9.10. The summed E-state index contributed by atoms with van der Waals surface area (Å²) < 4.78 is 26.7. The lowest BCUT2D eigenvalue weighted by molar-refractivity contribution is -0.139. The maximum absolute atomic E-state index is 13.5. The van der Waals surface area contributed by atoms with Crippen molar-refractivity contribution < 1.29 is 23.5 Å². The normalized spacial score (nSPS) is 11.8. The Kier molecular flexibility index (Phi) is 6.54. The van der Waals surface area contributed by atoms with Crippen LogP contribution >= 0.6 is 15.9 Å². The highest BCUT2D eigenvalue weighted by atomic mass is 79.9. The number of urea groups is 1. The van der Waals surface area contributed by atoms with Gasteiger partial charge in [-0.2, -0.15) is 0 Å². The highest BCUT2D eigenvalue weighted by Gasteiger charge is 2.20. The fourth-order valence-electron chi connectivity index (χ4n) is 1.60. The van der Waals surface area contributed by atoms with Crippen LogP contribution in [0.4, 0.5) is 19.3 Å². The van der Waals surface area contributed by atoms with Crippen LogP contribution in [0, 0.1) is 11.6 Å². The summed E-state index contributed by atoms with van der Waals surface area (Å²) in [6, 6.07) is -0.301. The van der Waals surface area contributed by atoms with Crippen LogP contribution in [0.3, 0.4) is 0 Å². The Hall–Kier alpha value is -1.70. The number of rotatable bonds is 6. The smallest absolute Gasteiger partial charge is 0.326 e. The molecule has 0 saturated heterocycles. The van der Waals surface area contributed by atoms with Crippen molar-refractivity contribution in [2.24, 2.45) is 0 Å². The first-order valence-corrected chi connectivity index (χ1v) is 7.09. The fraction of sp³-hybridized carbons (Fsp3) is 0.385. The number of aliphatic carboxylic acids is 1. The highest BCUT2D eigenvalue weighted by Crippen LogP contribution is 2.23. The molecule has 0 saturated carbocycles. The van der Waals surface area contributed by atoms with Crippen LogP contribution < -0.4 is 10.6 Å². The molecule has 0 heterocycles. The van der Waals surface area contributed by atoms with Gasteiger partial charge in [0.1, 0.15) is 17.7 Å². The van der Waals surface area contributed by atoms with Gasteiger partial charge in [0, 0.05) is 6.07 Å². The topological polar surface area (TPSA) is 78.4 Å². The molecule has 0 aliphatic rings. The summed E-state index contributed by atoms with van der Waals surface area (Å²) in [6.07, 6.45) is 1.66. The second-order valence-electron chi connectivity index (χ2n) is 4.38. The molecule has 0 aliphatic carbocycles. The average Bonchev–Trinajstić information content (AvgIpc) is 2.40. The molecule has 0 aliphatic heterocycles. The number of carboxylic acid groups (broad SMARTS) is 1. The molecule has 0 fully saturated rings. The number of nitrogens with one attached hydrogen (secondary N) is 2. The van der Waals surface area contributed by atoms with Crippen LogP contribution in [0.5, 0.6) is 0 Å². The van der Waals surface area contributed by atoms with Crippen molar-refractivity contribution in [3.63, 3.8) is 0 Å². The van der Waals surface area contributed by atoms with Crippen LogP contribution in [0.25, 0.3) is 0 Å². The average molecular weight is 365 g/mol.